The predicted octanol–water partition coefficient (Wildman–Crippen LogP) is 1.63. The van der Waals surface area contributed by atoms with E-state index in [-0.39, 0.29) is 11.3 Å². The Morgan fingerprint density at radius 2 is 2.11 bits per heavy atom. The Morgan fingerprint density at radius 1 is 1.47 bits per heavy atom. The van der Waals surface area contributed by atoms with Gasteiger partial charge in [-0.1, -0.05) is 0 Å². The van der Waals surface area contributed by atoms with E-state index >= 15 is 0 Å². The highest BCUT2D eigenvalue weighted by Gasteiger charge is 2.08. The fourth-order valence-corrected chi connectivity index (χ4v) is 1.75. The molecule has 1 rings (SSSR count). The van der Waals surface area contributed by atoms with Crippen LogP contribution in [0, 0.1) is 11.3 Å². The van der Waals surface area contributed by atoms with Crippen molar-refractivity contribution in [2.75, 3.05) is 18.0 Å². The minimum Gasteiger partial charge on any atom is -0.507 e. The molecule has 0 aliphatic rings. The van der Waals surface area contributed by atoms with Crippen molar-refractivity contribution < 1.29 is 9.90 Å². The lowest BCUT2D eigenvalue weighted by Crippen LogP contribution is -2.21. The first-order chi connectivity index (χ1) is 9.03. The number of phenolic OH excluding ortho intramolecular Hbond substituents is 1. The summed E-state index contributed by atoms with van der Waals surface area (Å²) in [7, 11) is 0. The van der Waals surface area contributed by atoms with E-state index in [0.717, 1.165) is 18.8 Å². The van der Waals surface area contributed by atoms with Gasteiger partial charge in [-0.2, -0.15) is 5.26 Å². The van der Waals surface area contributed by atoms with Gasteiger partial charge < -0.3 is 15.7 Å². The summed E-state index contributed by atoms with van der Waals surface area (Å²) in [6.07, 6.45) is 1.28. The number of hydrogen-bond donors (Lipinski definition) is 2. The fraction of sp³-hybridized carbons (Fsp3) is 0.286. The van der Waals surface area contributed by atoms with Crippen LogP contribution < -0.4 is 10.6 Å². The molecule has 0 spiro atoms. The zero-order chi connectivity index (χ0) is 14.4. The molecule has 1 aromatic rings. The molecule has 5 nitrogen and oxygen atoms in total. The van der Waals surface area contributed by atoms with Gasteiger partial charge in [-0.05, 0) is 32.1 Å². The number of nitrogens with zero attached hydrogens (tertiary/aromatic N) is 2. The molecule has 1 amide bonds. The van der Waals surface area contributed by atoms with Gasteiger partial charge in [0.2, 0.25) is 0 Å². The van der Waals surface area contributed by atoms with Gasteiger partial charge in [0.05, 0.1) is 0 Å². The molecule has 0 bridgehead atoms. The maximum Gasteiger partial charge on any atom is 0.259 e. The van der Waals surface area contributed by atoms with Crippen LogP contribution in [-0.4, -0.2) is 24.1 Å². The number of aromatic hydroxyl groups is 1. The second kappa shape index (κ2) is 6.45. The summed E-state index contributed by atoms with van der Waals surface area (Å²) in [5, 5.41) is 18.7. The van der Waals surface area contributed by atoms with Crippen molar-refractivity contribution in [2.24, 2.45) is 5.73 Å². The Labute approximate surface area is 112 Å². The van der Waals surface area contributed by atoms with Gasteiger partial charge in [-0.25, -0.2) is 0 Å². The maximum atomic E-state index is 11.0. The number of hydrogen-bond acceptors (Lipinski definition) is 4. The molecule has 3 N–H and O–H groups in total. The molecular formula is C14H17N3O2. The van der Waals surface area contributed by atoms with Crippen molar-refractivity contribution in [3.8, 4) is 11.8 Å². The number of benzene rings is 1. The Bertz CT molecular complexity index is 540. The van der Waals surface area contributed by atoms with E-state index in [1.807, 2.05) is 19.9 Å². The molecule has 1 aromatic carbocycles. The average molecular weight is 259 g/mol. The minimum atomic E-state index is -0.810. The predicted molar refractivity (Wildman–Crippen MR) is 74.5 cm³/mol. The number of phenols is 1. The van der Waals surface area contributed by atoms with E-state index < -0.39 is 5.91 Å². The first-order valence-electron chi connectivity index (χ1n) is 6.03. The zero-order valence-electron chi connectivity index (χ0n) is 11.1. The highest BCUT2D eigenvalue weighted by molar-refractivity contribution is 6.00. The summed E-state index contributed by atoms with van der Waals surface area (Å²) in [4.78, 5) is 13.0. The van der Waals surface area contributed by atoms with Gasteiger partial charge in [0.15, 0.2) is 0 Å². The van der Waals surface area contributed by atoms with Gasteiger partial charge in [0, 0.05) is 30.4 Å². The molecule has 0 saturated carbocycles. The Balaban J connectivity index is 3.15. The molecule has 0 unspecified atom stereocenters. The molecule has 19 heavy (non-hydrogen) atoms. The van der Waals surface area contributed by atoms with E-state index in [9.17, 15) is 9.90 Å². The van der Waals surface area contributed by atoms with Crippen LogP contribution in [0.4, 0.5) is 5.69 Å². The molecule has 5 heteroatoms. The van der Waals surface area contributed by atoms with E-state index in [1.165, 1.54) is 6.08 Å². The van der Waals surface area contributed by atoms with E-state index in [0.29, 0.717) is 5.56 Å². The number of nitriles is 1. The van der Waals surface area contributed by atoms with Gasteiger partial charge in [-0.15, -0.1) is 0 Å². The van der Waals surface area contributed by atoms with Crippen molar-refractivity contribution >= 4 is 17.7 Å². The van der Waals surface area contributed by atoms with Crippen molar-refractivity contribution in [3.05, 3.63) is 29.3 Å². The Morgan fingerprint density at radius 3 is 2.53 bits per heavy atom. The van der Waals surface area contributed by atoms with Crippen molar-refractivity contribution in [1.82, 2.24) is 0 Å². The molecule has 0 aromatic heterocycles. The second-order valence-corrected chi connectivity index (χ2v) is 3.95. The monoisotopic (exact) mass is 259 g/mol. The van der Waals surface area contributed by atoms with Crippen LogP contribution in [0.3, 0.4) is 0 Å². The third-order valence-electron chi connectivity index (χ3n) is 2.83. The number of primary amides is 1. The quantitative estimate of drug-likeness (QED) is 0.621. The van der Waals surface area contributed by atoms with E-state index in [1.54, 1.807) is 18.2 Å². The molecule has 0 saturated heterocycles. The molecule has 0 atom stereocenters. The summed E-state index contributed by atoms with van der Waals surface area (Å²) in [6.45, 7) is 5.70. The number of rotatable bonds is 5. The number of amides is 1. The smallest absolute Gasteiger partial charge is 0.259 e. The van der Waals surface area contributed by atoms with E-state index in [2.05, 4.69) is 4.90 Å². The largest absolute Gasteiger partial charge is 0.507 e. The summed E-state index contributed by atoms with van der Waals surface area (Å²) in [6, 6.07) is 6.79. The maximum absolute atomic E-state index is 11.0. The topological polar surface area (TPSA) is 90.4 Å². The number of anilines is 1. The SMILES string of the molecule is CCN(CC)c1ccc(/C=C(\C#N)C(N)=O)c(O)c1. The van der Waals surface area contributed by atoms with Crippen molar-refractivity contribution in [3.63, 3.8) is 0 Å². The van der Waals surface area contributed by atoms with Crippen LogP contribution >= 0.6 is 0 Å². The highest BCUT2D eigenvalue weighted by atomic mass is 16.3. The van der Waals surface area contributed by atoms with Gasteiger partial charge >= 0.3 is 0 Å². The van der Waals surface area contributed by atoms with Crippen LogP contribution in [0.15, 0.2) is 23.8 Å². The second-order valence-electron chi connectivity index (χ2n) is 3.95. The molecule has 0 aliphatic heterocycles. The molecule has 0 aliphatic carbocycles. The summed E-state index contributed by atoms with van der Waals surface area (Å²) >= 11 is 0. The standard InChI is InChI=1S/C14H17N3O2/c1-3-17(4-2)12-6-5-10(13(18)8-12)7-11(9-15)14(16)19/h5-8,18H,3-4H2,1-2H3,(H2,16,19)/b11-7+. The number of carbonyl (C=O) groups excluding carboxylic acids is 1. The van der Waals surface area contributed by atoms with E-state index in [4.69, 9.17) is 11.0 Å². The van der Waals surface area contributed by atoms with Crippen LogP contribution in [0.25, 0.3) is 6.08 Å². The lowest BCUT2D eigenvalue weighted by atomic mass is 10.1. The van der Waals surface area contributed by atoms with Gasteiger partial charge in [0.1, 0.15) is 17.4 Å². The zero-order valence-corrected chi connectivity index (χ0v) is 11.1. The summed E-state index contributed by atoms with van der Waals surface area (Å²) < 4.78 is 0. The summed E-state index contributed by atoms with van der Waals surface area (Å²) in [5.41, 5.74) is 6.14. The van der Waals surface area contributed by atoms with Crippen LogP contribution in [0.1, 0.15) is 19.4 Å². The first-order valence-corrected chi connectivity index (χ1v) is 6.03. The van der Waals surface area contributed by atoms with Crippen molar-refractivity contribution in [1.29, 1.82) is 5.26 Å². The van der Waals surface area contributed by atoms with Gasteiger partial charge in [0.25, 0.3) is 5.91 Å². The molecule has 0 heterocycles. The molecule has 0 fully saturated rings. The van der Waals surface area contributed by atoms with Crippen LogP contribution in [-0.2, 0) is 4.79 Å². The third kappa shape index (κ3) is 3.49. The highest BCUT2D eigenvalue weighted by Crippen LogP contribution is 2.26. The fourth-order valence-electron chi connectivity index (χ4n) is 1.75. The Hall–Kier alpha value is -2.48. The molecular weight excluding hydrogens is 242 g/mol. The minimum absolute atomic E-state index is 0.0124. The molecule has 100 valence electrons. The lowest BCUT2D eigenvalue weighted by molar-refractivity contribution is -0.114. The molecule has 0 radical (unpaired) electrons. The lowest BCUT2D eigenvalue weighted by Gasteiger charge is -2.21. The van der Waals surface area contributed by atoms with Crippen LogP contribution in [0.5, 0.6) is 5.75 Å². The third-order valence-corrected chi connectivity index (χ3v) is 2.83. The number of carbonyl (C=O) groups is 1. The van der Waals surface area contributed by atoms with Crippen LogP contribution in [0.2, 0.25) is 0 Å². The van der Waals surface area contributed by atoms with Crippen molar-refractivity contribution in [2.45, 2.75) is 13.8 Å². The average Bonchev–Trinajstić information content (AvgIpc) is 2.38. The number of nitrogens with two attached hydrogens (primary N) is 1. The Kier molecular flexibility index (Phi) is 4.95. The first kappa shape index (κ1) is 14.6. The summed E-state index contributed by atoms with van der Waals surface area (Å²) in [5.74, 6) is -0.798. The van der Waals surface area contributed by atoms with Gasteiger partial charge in [-0.3, -0.25) is 4.79 Å². The normalized spacial score (nSPS) is 10.9.